The molecule has 3 aliphatic rings. The van der Waals surface area contributed by atoms with Gasteiger partial charge in [-0.2, -0.15) is 0 Å². The number of hydrogen-bond donors (Lipinski definition) is 0. The number of methoxy groups -OCH3 is 1. The topological polar surface area (TPSA) is 68.6 Å². The molecule has 6 heteroatoms. The number of likely N-dealkylation sites (tertiary alicyclic amines) is 1. The fourth-order valence-electron chi connectivity index (χ4n) is 5.75. The average Bonchev–Trinajstić information content (AvgIpc) is 3.26. The molecule has 31 heavy (non-hydrogen) atoms. The van der Waals surface area contributed by atoms with Crippen LogP contribution in [0.2, 0.25) is 0 Å². The lowest BCUT2D eigenvalue weighted by molar-refractivity contribution is -0.145. The zero-order chi connectivity index (χ0) is 21.8. The fraction of sp³-hybridized carbons (Fsp3) is 0.720. The minimum absolute atomic E-state index is 0.162. The maximum absolute atomic E-state index is 13.7. The van der Waals surface area contributed by atoms with E-state index in [0.717, 1.165) is 62.7 Å². The second-order valence-corrected chi connectivity index (χ2v) is 9.54. The largest absolute Gasteiger partial charge is 0.467 e. The minimum atomic E-state index is -0.578. The Balaban J connectivity index is 1.72. The molecule has 170 valence electrons. The Morgan fingerprint density at radius 3 is 2.42 bits per heavy atom. The van der Waals surface area contributed by atoms with E-state index in [-0.39, 0.29) is 23.0 Å². The SMILES string of the molecule is COC(=O)[C@@H]1CCCN1C(=O)c1cc2c(n(CC3CCCCC3)c1=O)CCCCCC2. The van der Waals surface area contributed by atoms with Gasteiger partial charge in [-0.25, -0.2) is 4.79 Å². The first kappa shape index (κ1) is 22.1. The Labute approximate surface area is 185 Å². The Kier molecular flexibility index (Phi) is 7.13. The van der Waals surface area contributed by atoms with E-state index in [1.54, 1.807) is 4.90 Å². The van der Waals surface area contributed by atoms with Crippen LogP contribution in [-0.4, -0.2) is 41.0 Å². The van der Waals surface area contributed by atoms with E-state index >= 15 is 0 Å². The van der Waals surface area contributed by atoms with Crippen LogP contribution < -0.4 is 5.56 Å². The third-order valence-electron chi connectivity index (χ3n) is 7.48. The van der Waals surface area contributed by atoms with Crippen LogP contribution in [0.4, 0.5) is 0 Å². The van der Waals surface area contributed by atoms with Gasteiger partial charge in [-0.05, 0) is 68.9 Å². The number of amides is 1. The zero-order valence-electron chi connectivity index (χ0n) is 18.9. The maximum Gasteiger partial charge on any atom is 0.328 e. The molecular weight excluding hydrogens is 392 g/mol. The highest BCUT2D eigenvalue weighted by molar-refractivity contribution is 5.97. The van der Waals surface area contributed by atoms with Gasteiger partial charge in [0, 0.05) is 18.8 Å². The molecule has 0 unspecified atom stereocenters. The van der Waals surface area contributed by atoms with E-state index in [2.05, 4.69) is 0 Å². The van der Waals surface area contributed by atoms with E-state index in [0.29, 0.717) is 18.9 Å². The molecule has 0 aromatic carbocycles. The molecule has 1 amide bonds. The van der Waals surface area contributed by atoms with Crippen LogP contribution in [0.3, 0.4) is 0 Å². The highest BCUT2D eigenvalue weighted by atomic mass is 16.5. The molecule has 0 spiro atoms. The number of nitrogens with zero attached hydrogens (tertiary/aromatic N) is 2. The molecule has 0 bridgehead atoms. The summed E-state index contributed by atoms with van der Waals surface area (Å²) in [6.07, 6.45) is 13.8. The summed E-state index contributed by atoms with van der Waals surface area (Å²) >= 11 is 0. The van der Waals surface area contributed by atoms with Crippen molar-refractivity contribution in [3.63, 3.8) is 0 Å². The van der Waals surface area contributed by atoms with Gasteiger partial charge in [-0.3, -0.25) is 9.59 Å². The smallest absolute Gasteiger partial charge is 0.328 e. The van der Waals surface area contributed by atoms with E-state index in [9.17, 15) is 14.4 Å². The van der Waals surface area contributed by atoms with Crippen molar-refractivity contribution >= 4 is 11.9 Å². The molecule has 2 fully saturated rings. The highest BCUT2D eigenvalue weighted by Crippen LogP contribution is 2.28. The first-order valence-corrected chi connectivity index (χ1v) is 12.2. The molecule has 1 saturated carbocycles. The molecule has 1 aliphatic heterocycles. The monoisotopic (exact) mass is 428 g/mol. The van der Waals surface area contributed by atoms with Crippen molar-refractivity contribution in [2.24, 2.45) is 5.92 Å². The number of hydrogen-bond acceptors (Lipinski definition) is 4. The molecular formula is C25H36N2O4. The van der Waals surface area contributed by atoms with Crippen LogP contribution in [0.1, 0.15) is 92.2 Å². The molecule has 4 rings (SSSR count). The summed E-state index contributed by atoms with van der Waals surface area (Å²) in [5.74, 6) is -0.180. The molecule has 6 nitrogen and oxygen atoms in total. The molecule has 2 aliphatic carbocycles. The predicted octanol–water partition coefficient (Wildman–Crippen LogP) is 3.87. The van der Waals surface area contributed by atoms with Crippen LogP contribution in [0.25, 0.3) is 0 Å². The van der Waals surface area contributed by atoms with Gasteiger partial charge < -0.3 is 14.2 Å². The number of carbonyl (C=O) groups excluding carboxylic acids is 2. The third-order valence-corrected chi connectivity index (χ3v) is 7.48. The van der Waals surface area contributed by atoms with Gasteiger partial charge in [-0.15, -0.1) is 0 Å². The number of aryl methyl sites for hydroxylation is 1. The van der Waals surface area contributed by atoms with Crippen LogP contribution in [-0.2, 0) is 28.9 Å². The lowest BCUT2D eigenvalue weighted by atomic mass is 9.88. The van der Waals surface area contributed by atoms with Gasteiger partial charge in [0.05, 0.1) is 7.11 Å². The number of rotatable bonds is 4. The highest BCUT2D eigenvalue weighted by Gasteiger charge is 2.37. The second-order valence-electron chi connectivity index (χ2n) is 9.54. The summed E-state index contributed by atoms with van der Waals surface area (Å²) in [7, 11) is 1.35. The van der Waals surface area contributed by atoms with Crippen molar-refractivity contribution in [1.29, 1.82) is 0 Å². The van der Waals surface area contributed by atoms with Crippen molar-refractivity contribution in [2.75, 3.05) is 13.7 Å². The van der Waals surface area contributed by atoms with E-state index in [1.807, 2.05) is 10.6 Å². The normalized spacial score (nSPS) is 22.5. The number of aromatic nitrogens is 1. The first-order valence-electron chi connectivity index (χ1n) is 12.2. The Morgan fingerprint density at radius 2 is 1.68 bits per heavy atom. The number of fused-ring (bicyclic) bond motifs is 1. The van der Waals surface area contributed by atoms with Crippen LogP contribution >= 0.6 is 0 Å². The summed E-state index contributed by atoms with van der Waals surface area (Å²) < 4.78 is 6.86. The molecule has 1 aromatic heterocycles. The summed E-state index contributed by atoms with van der Waals surface area (Å²) in [4.78, 5) is 40.9. The van der Waals surface area contributed by atoms with Gasteiger partial charge >= 0.3 is 5.97 Å². The summed E-state index contributed by atoms with van der Waals surface area (Å²) in [6, 6.07) is 1.28. The van der Waals surface area contributed by atoms with Crippen molar-refractivity contribution < 1.29 is 14.3 Å². The van der Waals surface area contributed by atoms with Gasteiger partial charge in [0.25, 0.3) is 11.5 Å². The number of esters is 1. The fourth-order valence-corrected chi connectivity index (χ4v) is 5.75. The molecule has 2 heterocycles. The third kappa shape index (κ3) is 4.73. The van der Waals surface area contributed by atoms with E-state index in [4.69, 9.17) is 4.74 Å². The molecule has 1 atom stereocenters. The Morgan fingerprint density at radius 1 is 0.968 bits per heavy atom. The van der Waals surface area contributed by atoms with Crippen molar-refractivity contribution in [2.45, 2.75) is 96.1 Å². The average molecular weight is 429 g/mol. The minimum Gasteiger partial charge on any atom is -0.467 e. The van der Waals surface area contributed by atoms with Gasteiger partial charge in [0.2, 0.25) is 0 Å². The number of carbonyl (C=O) groups is 2. The van der Waals surface area contributed by atoms with Crippen molar-refractivity contribution in [3.8, 4) is 0 Å². The van der Waals surface area contributed by atoms with Crippen molar-refractivity contribution in [1.82, 2.24) is 9.47 Å². The zero-order valence-corrected chi connectivity index (χ0v) is 18.9. The van der Waals surface area contributed by atoms with Gasteiger partial charge in [0.1, 0.15) is 11.6 Å². The number of ether oxygens (including phenoxy) is 1. The summed E-state index contributed by atoms with van der Waals surface area (Å²) in [5, 5.41) is 0. The lowest BCUT2D eigenvalue weighted by Crippen LogP contribution is -2.44. The lowest BCUT2D eigenvalue weighted by Gasteiger charge is -2.28. The first-order chi connectivity index (χ1) is 15.1. The number of pyridine rings is 1. The second kappa shape index (κ2) is 10.0. The summed E-state index contributed by atoms with van der Waals surface area (Å²) in [5.41, 5.74) is 2.39. The molecule has 0 radical (unpaired) electrons. The Hall–Kier alpha value is -2.11. The van der Waals surface area contributed by atoms with Crippen LogP contribution in [0, 0.1) is 5.92 Å². The van der Waals surface area contributed by atoms with Gasteiger partial charge in [-0.1, -0.05) is 32.1 Å². The Bertz CT molecular complexity index is 869. The molecule has 0 N–H and O–H groups in total. The summed E-state index contributed by atoms with van der Waals surface area (Å²) in [6.45, 7) is 1.22. The molecule has 1 aromatic rings. The molecule has 1 saturated heterocycles. The van der Waals surface area contributed by atoms with E-state index < -0.39 is 6.04 Å². The predicted molar refractivity (Wildman–Crippen MR) is 119 cm³/mol. The van der Waals surface area contributed by atoms with Crippen LogP contribution in [0.15, 0.2) is 10.9 Å². The van der Waals surface area contributed by atoms with Crippen molar-refractivity contribution in [3.05, 3.63) is 33.2 Å². The quantitative estimate of drug-likeness (QED) is 0.683. The maximum atomic E-state index is 13.7. The van der Waals surface area contributed by atoms with E-state index in [1.165, 1.54) is 39.2 Å². The van der Waals surface area contributed by atoms with Gasteiger partial charge in [0.15, 0.2) is 0 Å². The standard InChI is InChI=1S/C25H36N2O4/c1-31-25(30)22-14-9-15-26(22)23(28)20-16-19-12-7-2-3-8-13-21(19)27(24(20)29)17-18-10-5-4-6-11-18/h16,18,22H,2-15,17H2,1H3/t22-/m0/s1. The van der Waals surface area contributed by atoms with Crippen LogP contribution in [0.5, 0.6) is 0 Å².